The lowest BCUT2D eigenvalue weighted by atomic mass is 9.85. The first-order valence-corrected chi connectivity index (χ1v) is 21.2. The average Bonchev–Trinajstić information content (AvgIpc) is 3.85. The normalized spacial score (nSPS) is 13.5. The van der Waals surface area contributed by atoms with Crippen molar-refractivity contribution in [3.8, 4) is 27.9 Å². The van der Waals surface area contributed by atoms with Gasteiger partial charge >= 0.3 is 0 Å². The molecule has 59 heavy (non-hydrogen) atoms. The number of hydrogen-bond donors (Lipinski definition) is 1. The van der Waals surface area contributed by atoms with Crippen LogP contribution < -0.4 is 20.0 Å². The van der Waals surface area contributed by atoms with Gasteiger partial charge in [-0.05, 0) is 100 Å². The Balaban J connectivity index is 1.13. The molecule has 11 rings (SSSR count). The smallest absolute Gasteiger partial charge is 0.0621 e. The fourth-order valence-electron chi connectivity index (χ4n) is 9.23. The Morgan fingerprint density at radius 1 is 0.559 bits per heavy atom. The summed E-state index contributed by atoms with van der Waals surface area (Å²) in [6.07, 6.45) is 5.93. The van der Waals surface area contributed by atoms with Gasteiger partial charge in [0.15, 0.2) is 0 Å². The van der Waals surface area contributed by atoms with Crippen LogP contribution in [0.15, 0.2) is 194 Å². The lowest BCUT2D eigenvalue weighted by Crippen LogP contribution is -2.23. The molecule has 10 aromatic rings. The number of aromatic nitrogens is 1. The largest absolute Gasteiger partial charge is 0.388 e. The summed E-state index contributed by atoms with van der Waals surface area (Å²) in [5.74, 6) is 0.288. The van der Waals surface area contributed by atoms with Crippen LogP contribution in [0.4, 0.5) is 22.7 Å². The Hall–Kier alpha value is -7.14. The minimum absolute atomic E-state index is 0.288. The highest BCUT2D eigenvalue weighted by molar-refractivity contribution is 7.17. The van der Waals surface area contributed by atoms with Crippen molar-refractivity contribution in [2.75, 3.05) is 17.3 Å². The number of nitrogens with one attached hydrogen (secondary N) is 1. The van der Waals surface area contributed by atoms with E-state index < -0.39 is 0 Å². The Bertz CT molecular complexity index is 3250. The molecule has 0 saturated heterocycles. The van der Waals surface area contributed by atoms with Gasteiger partial charge in [0.2, 0.25) is 0 Å². The molecule has 0 radical (unpaired) electrons. The van der Waals surface area contributed by atoms with E-state index in [1.807, 2.05) is 11.3 Å². The van der Waals surface area contributed by atoms with Crippen LogP contribution in [0, 0.1) is 0 Å². The maximum Gasteiger partial charge on any atom is 0.0621 e. The predicted molar refractivity (Wildman–Crippen MR) is 253 cm³/mol. The number of hydrogen-bond acceptors (Lipinski definition) is 3. The zero-order valence-electron chi connectivity index (χ0n) is 32.7. The molecule has 1 aliphatic rings. The van der Waals surface area contributed by atoms with Gasteiger partial charge in [-0.3, -0.25) is 0 Å². The average molecular weight is 776 g/mol. The maximum atomic E-state index is 3.64. The van der Waals surface area contributed by atoms with Crippen LogP contribution in [-0.2, 0) is 0 Å². The predicted octanol–water partition coefficient (Wildman–Crippen LogP) is 13.6. The fourth-order valence-corrected chi connectivity index (χ4v) is 10.4. The maximum absolute atomic E-state index is 3.64. The quantitative estimate of drug-likeness (QED) is 0.166. The molecule has 4 heteroatoms. The number of rotatable bonds is 8. The second-order valence-corrected chi connectivity index (χ2v) is 16.4. The molecular formula is C55H41N3S. The van der Waals surface area contributed by atoms with E-state index in [1.54, 1.807) is 0 Å². The van der Waals surface area contributed by atoms with Crippen LogP contribution in [0.25, 0.3) is 72.0 Å². The summed E-state index contributed by atoms with van der Waals surface area (Å²) in [4.78, 5) is 2.38. The van der Waals surface area contributed by atoms with E-state index in [-0.39, 0.29) is 5.92 Å². The van der Waals surface area contributed by atoms with Crippen molar-refractivity contribution in [2.24, 2.45) is 0 Å². The summed E-state index contributed by atoms with van der Waals surface area (Å²) in [6.45, 7) is 0. The third kappa shape index (κ3) is 6.03. The Morgan fingerprint density at radius 2 is 1.22 bits per heavy atom. The minimum Gasteiger partial charge on any atom is -0.388 e. The van der Waals surface area contributed by atoms with E-state index in [4.69, 9.17) is 0 Å². The summed E-state index contributed by atoms with van der Waals surface area (Å²) < 4.78 is 5.17. The van der Waals surface area contributed by atoms with Crippen LogP contribution in [0.3, 0.4) is 0 Å². The SMILES string of the molecule is CNc1cc(-c2cc(N(c3ccccc3)c3ccccc3)cc3c4ccccc4n(-c4ccccc4)c23)ccc1-c1ccccc1C1C=c2sc3ccccc3c2=CC1. The van der Waals surface area contributed by atoms with Crippen molar-refractivity contribution in [1.82, 2.24) is 4.57 Å². The molecule has 1 unspecified atom stereocenters. The van der Waals surface area contributed by atoms with E-state index >= 15 is 0 Å². The first-order chi connectivity index (χ1) is 29.2. The van der Waals surface area contributed by atoms with E-state index in [1.165, 1.54) is 63.9 Å². The van der Waals surface area contributed by atoms with E-state index in [9.17, 15) is 0 Å². The fraction of sp³-hybridized carbons (Fsp3) is 0.0545. The Morgan fingerprint density at radius 3 is 1.98 bits per heavy atom. The molecule has 1 N–H and O–H groups in total. The molecule has 0 spiro atoms. The minimum atomic E-state index is 0.288. The highest BCUT2D eigenvalue weighted by Crippen LogP contribution is 2.46. The molecule has 0 saturated carbocycles. The van der Waals surface area contributed by atoms with Gasteiger partial charge in [0, 0.05) is 72.5 Å². The van der Waals surface area contributed by atoms with Crippen molar-refractivity contribution in [3.05, 3.63) is 209 Å². The van der Waals surface area contributed by atoms with E-state index in [0.29, 0.717) is 0 Å². The van der Waals surface area contributed by atoms with Gasteiger partial charge in [-0.1, -0.05) is 140 Å². The highest BCUT2D eigenvalue weighted by atomic mass is 32.1. The lowest BCUT2D eigenvalue weighted by Gasteiger charge is -2.27. The second kappa shape index (κ2) is 14.7. The van der Waals surface area contributed by atoms with Crippen molar-refractivity contribution >= 4 is 78.1 Å². The first kappa shape index (κ1) is 35.1. The number of thiophene rings is 1. The topological polar surface area (TPSA) is 20.2 Å². The van der Waals surface area contributed by atoms with Gasteiger partial charge < -0.3 is 14.8 Å². The second-order valence-electron chi connectivity index (χ2n) is 15.3. The highest BCUT2D eigenvalue weighted by Gasteiger charge is 2.23. The molecule has 0 bridgehead atoms. The van der Waals surface area contributed by atoms with Crippen LogP contribution in [0.1, 0.15) is 17.9 Å². The van der Waals surface area contributed by atoms with Crippen LogP contribution in [0.5, 0.6) is 0 Å². The van der Waals surface area contributed by atoms with Crippen molar-refractivity contribution in [2.45, 2.75) is 12.3 Å². The number of fused-ring (bicyclic) bond motifs is 6. The van der Waals surface area contributed by atoms with Crippen molar-refractivity contribution in [1.29, 1.82) is 0 Å². The zero-order chi connectivity index (χ0) is 39.3. The Kier molecular flexibility index (Phi) is 8.71. The molecular weight excluding hydrogens is 735 g/mol. The van der Waals surface area contributed by atoms with Gasteiger partial charge in [0.05, 0.1) is 11.0 Å². The number of anilines is 4. The summed E-state index contributed by atoms with van der Waals surface area (Å²) in [5, 5.41) is 8.82. The molecule has 1 atom stereocenters. The summed E-state index contributed by atoms with van der Waals surface area (Å²) >= 11 is 1.90. The number of para-hydroxylation sites is 4. The molecule has 0 amide bonds. The zero-order valence-corrected chi connectivity index (χ0v) is 33.5. The first-order valence-electron chi connectivity index (χ1n) is 20.4. The molecule has 1 aliphatic carbocycles. The summed E-state index contributed by atoms with van der Waals surface area (Å²) in [7, 11) is 2.05. The van der Waals surface area contributed by atoms with E-state index in [2.05, 4.69) is 228 Å². The lowest BCUT2D eigenvalue weighted by molar-refractivity contribution is 0.928. The third-order valence-electron chi connectivity index (χ3n) is 11.9. The monoisotopic (exact) mass is 775 g/mol. The van der Waals surface area contributed by atoms with Crippen LogP contribution >= 0.6 is 11.3 Å². The van der Waals surface area contributed by atoms with E-state index in [0.717, 1.165) is 40.4 Å². The molecule has 282 valence electrons. The van der Waals surface area contributed by atoms with Gasteiger partial charge in [-0.15, -0.1) is 11.3 Å². The van der Waals surface area contributed by atoms with Gasteiger partial charge in [0.25, 0.3) is 0 Å². The Labute approximate surface area is 348 Å². The molecule has 0 fully saturated rings. The van der Waals surface area contributed by atoms with Crippen LogP contribution in [-0.4, -0.2) is 11.6 Å². The molecule has 8 aromatic carbocycles. The van der Waals surface area contributed by atoms with Gasteiger partial charge in [-0.2, -0.15) is 0 Å². The number of benzene rings is 8. The molecule has 0 aliphatic heterocycles. The van der Waals surface area contributed by atoms with Gasteiger partial charge in [-0.25, -0.2) is 0 Å². The summed E-state index contributed by atoms with van der Waals surface area (Å²) in [5.41, 5.74) is 14.1. The van der Waals surface area contributed by atoms with Crippen molar-refractivity contribution in [3.63, 3.8) is 0 Å². The molecule has 3 nitrogen and oxygen atoms in total. The van der Waals surface area contributed by atoms with Crippen molar-refractivity contribution < 1.29 is 0 Å². The van der Waals surface area contributed by atoms with Gasteiger partial charge in [0.1, 0.15) is 0 Å². The molecule has 2 heterocycles. The third-order valence-corrected chi connectivity index (χ3v) is 13.0. The number of nitrogens with zero attached hydrogens (tertiary/aromatic N) is 2. The summed E-state index contributed by atoms with van der Waals surface area (Å²) in [6, 6.07) is 70.6. The van der Waals surface area contributed by atoms with Crippen LogP contribution in [0.2, 0.25) is 0 Å². The standard InChI is InChI=1S/C55H41N3S/c1-56-51-33-37(29-31-45(51)44-24-12-11-23-43(44)38-30-32-48-47-26-14-16-28-53(47)59-54(48)34-38)49-35-42(57(39-17-5-2-6-18-39)40-19-7-3-8-20-40)36-50-46-25-13-15-27-52(46)58(55(49)50)41-21-9-4-10-22-41/h2-29,31-36,38,56H,30H2,1H3. The molecule has 2 aromatic heterocycles.